The zero-order chi connectivity index (χ0) is 8.97. The number of methoxy groups -OCH3 is 1. The lowest BCUT2D eigenvalue weighted by Gasteiger charge is -2.06. The molecule has 0 N–H and O–H groups in total. The van der Waals surface area contributed by atoms with Crippen molar-refractivity contribution in [1.82, 2.24) is 0 Å². The quantitative estimate of drug-likeness (QED) is 0.626. The van der Waals surface area contributed by atoms with Gasteiger partial charge < -0.3 is 9.47 Å². The fraction of sp³-hybridized carbons (Fsp3) is 0.250. The van der Waals surface area contributed by atoms with Crippen LogP contribution in [-0.4, -0.2) is 13.9 Å². The molecule has 1 rings (SSSR count). The highest BCUT2D eigenvalue weighted by Crippen LogP contribution is 2.22. The fourth-order valence-corrected chi connectivity index (χ4v) is 1.23. The van der Waals surface area contributed by atoms with Crippen LogP contribution < -0.4 is 4.74 Å². The minimum absolute atomic E-state index is 0.138. The van der Waals surface area contributed by atoms with E-state index in [4.69, 9.17) is 9.47 Å². The fourth-order valence-electron chi connectivity index (χ4n) is 0.718. The number of rotatable bonds is 3. The van der Waals surface area contributed by atoms with E-state index in [0.717, 1.165) is 0 Å². The predicted molar refractivity (Wildman–Crippen MR) is 51.6 cm³/mol. The van der Waals surface area contributed by atoms with Crippen LogP contribution in [0.4, 0.5) is 4.39 Å². The first kappa shape index (κ1) is 9.73. The Bertz CT molecular complexity index is 265. The second-order valence-electron chi connectivity index (χ2n) is 2.10. The molecule has 2 nitrogen and oxygen atoms in total. The van der Waals surface area contributed by atoms with Crippen molar-refractivity contribution in [2.75, 3.05) is 13.9 Å². The first-order valence-corrected chi connectivity index (χ1v) is 4.39. The molecule has 0 saturated carbocycles. The van der Waals surface area contributed by atoms with Gasteiger partial charge in [0.05, 0.1) is 3.57 Å². The van der Waals surface area contributed by atoms with Crippen molar-refractivity contribution in [3.63, 3.8) is 0 Å². The summed E-state index contributed by atoms with van der Waals surface area (Å²) in [5.74, 6) is 0.238. The Morgan fingerprint density at radius 1 is 1.50 bits per heavy atom. The molecule has 0 unspecified atom stereocenters. The topological polar surface area (TPSA) is 18.5 Å². The van der Waals surface area contributed by atoms with Crippen molar-refractivity contribution in [1.29, 1.82) is 0 Å². The van der Waals surface area contributed by atoms with E-state index in [9.17, 15) is 4.39 Å². The van der Waals surface area contributed by atoms with Crippen molar-refractivity contribution in [3.8, 4) is 5.75 Å². The molecule has 0 aliphatic rings. The second-order valence-corrected chi connectivity index (χ2v) is 3.18. The molecule has 0 amide bonds. The first-order valence-electron chi connectivity index (χ1n) is 3.31. The summed E-state index contributed by atoms with van der Waals surface area (Å²) in [6, 6.07) is 4.69. The summed E-state index contributed by atoms with van der Waals surface area (Å²) >= 11 is 1.89. The highest BCUT2D eigenvalue weighted by molar-refractivity contribution is 14.1. The largest absolute Gasteiger partial charge is 0.466 e. The van der Waals surface area contributed by atoms with Crippen LogP contribution in [0.1, 0.15) is 0 Å². The Labute approximate surface area is 83.8 Å². The van der Waals surface area contributed by atoms with Gasteiger partial charge in [0.15, 0.2) is 6.79 Å². The van der Waals surface area contributed by atoms with Gasteiger partial charge in [0, 0.05) is 7.11 Å². The van der Waals surface area contributed by atoms with Gasteiger partial charge in [-0.25, -0.2) is 4.39 Å². The summed E-state index contributed by atoms with van der Waals surface area (Å²) < 4.78 is 23.1. The van der Waals surface area contributed by atoms with Crippen LogP contribution in [0.3, 0.4) is 0 Å². The smallest absolute Gasteiger partial charge is 0.188 e. The van der Waals surface area contributed by atoms with E-state index in [0.29, 0.717) is 9.32 Å². The van der Waals surface area contributed by atoms with Crippen LogP contribution in [0.2, 0.25) is 0 Å². The molecular weight excluding hydrogens is 274 g/mol. The molecular formula is C8H8FIO2. The van der Waals surface area contributed by atoms with Crippen molar-refractivity contribution < 1.29 is 13.9 Å². The Morgan fingerprint density at radius 2 is 2.25 bits per heavy atom. The number of benzene rings is 1. The Morgan fingerprint density at radius 3 is 2.92 bits per heavy atom. The monoisotopic (exact) mass is 282 g/mol. The van der Waals surface area contributed by atoms with Crippen molar-refractivity contribution in [3.05, 3.63) is 27.6 Å². The molecule has 4 heteroatoms. The average molecular weight is 282 g/mol. The van der Waals surface area contributed by atoms with Gasteiger partial charge in [0.1, 0.15) is 11.6 Å². The molecule has 66 valence electrons. The van der Waals surface area contributed by atoms with Crippen LogP contribution >= 0.6 is 22.6 Å². The normalized spacial score (nSPS) is 9.92. The third-order valence-electron chi connectivity index (χ3n) is 1.25. The summed E-state index contributed by atoms with van der Waals surface area (Å²) in [5, 5.41) is 0. The minimum atomic E-state index is -0.274. The molecule has 12 heavy (non-hydrogen) atoms. The third-order valence-corrected chi connectivity index (χ3v) is 2.30. The Balaban J connectivity index is 2.78. The van der Waals surface area contributed by atoms with E-state index >= 15 is 0 Å². The highest BCUT2D eigenvalue weighted by Gasteiger charge is 2.04. The third kappa shape index (κ3) is 2.31. The van der Waals surface area contributed by atoms with Crippen LogP contribution in [0.15, 0.2) is 18.2 Å². The molecule has 0 bridgehead atoms. The lowest BCUT2D eigenvalue weighted by atomic mass is 10.3. The molecule has 0 aliphatic heterocycles. The molecule has 0 saturated heterocycles. The second kappa shape index (κ2) is 4.61. The molecule has 0 aromatic heterocycles. The summed E-state index contributed by atoms with van der Waals surface area (Å²) in [6.45, 7) is 0.138. The van der Waals surface area contributed by atoms with Crippen LogP contribution in [0.25, 0.3) is 0 Å². The Hall–Kier alpha value is -0.360. The van der Waals surface area contributed by atoms with Crippen molar-refractivity contribution >= 4 is 22.6 Å². The predicted octanol–water partition coefficient (Wildman–Crippen LogP) is 2.41. The molecule has 0 aliphatic carbocycles. The standard InChI is InChI=1S/C8H8FIO2/c1-11-5-12-7-4-2-3-6(9)8(7)10/h2-4H,5H2,1H3. The van der Waals surface area contributed by atoms with Crippen molar-refractivity contribution in [2.45, 2.75) is 0 Å². The summed E-state index contributed by atoms with van der Waals surface area (Å²) in [6.07, 6.45) is 0. The van der Waals surface area contributed by atoms with Gasteiger partial charge in [-0.2, -0.15) is 0 Å². The zero-order valence-electron chi connectivity index (χ0n) is 6.51. The van der Waals surface area contributed by atoms with Crippen LogP contribution in [0, 0.1) is 9.39 Å². The molecule has 0 heterocycles. The maximum atomic E-state index is 12.9. The van der Waals surface area contributed by atoms with E-state index < -0.39 is 0 Å². The van der Waals surface area contributed by atoms with Gasteiger partial charge in [-0.15, -0.1) is 0 Å². The maximum Gasteiger partial charge on any atom is 0.188 e. The molecule has 0 spiro atoms. The number of hydrogen-bond donors (Lipinski definition) is 0. The summed E-state index contributed by atoms with van der Waals surface area (Å²) in [4.78, 5) is 0. The van der Waals surface area contributed by atoms with E-state index in [2.05, 4.69) is 0 Å². The van der Waals surface area contributed by atoms with E-state index in [1.807, 2.05) is 22.6 Å². The number of ether oxygens (including phenoxy) is 2. The zero-order valence-corrected chi connectivity index (χ0v) is 8.67. The molecule has 1 aromatic rings. The molecule has 0 atom stereocenters. The lowest BCUT2D eigenvalue weighted by Crippen LogP contribution is -2.00. The van der Waals surface area contributed by atoms with Gasteiger partial charge in [-0.05, 0) is 34.7 Å². The lowest BCUT2D eigenvalue weighted by molar-refractivity contribution is 0.0502. The summed E-state index contributed by atoms with van der Waals surface area (Å²) in [5.41, 5.74) is 0. The van der Waals surface area contributed by atoms with E-state index in [-0.39, 0.29) is 12.6 Å². The summed E-state index contributed by atoms with van der Waals surface area (Å²) in [7, 11) is 1.52. The van der Waals surface area contributed by atoms with E-state index in [1.165, 1.54) is 13.2 Å². The van der Waals surface area contributed by atoms with Crippen molar-refractivity contribution in [2.24, 2.45) is 0 Å². The first-order chi connectivity index (χ1) is 5.75. The van der Waals surface area contributed by atoms with Gasteiger partial charge in [0.25, 0.3) is 0 Å². The minimum Gasteiger partial charge on any atom is -0.466 e. The number of halogens is 2. The molecule has 0 radical (unpaired) electrons. The average Bonchev–Trinajstić information content (AvgIpc) is 2.08. The van der Waals surface area contributed by atoms with Gasteiger partial charge >= 0.3 is 0 Å². The van der Waals surface area contributed by atoms with E-state index in [1.54, 1.807) is 12.1 Å². The van der Waals surface area contributed by atoms with Gasteiger partial charge in [0.2, 0.25) is 0 Å². The molecule has 1 aromatic carbocycles. The SMILES string of the molecule is COCOc1cccc(F)c1I. The van der Waals surface area contributed by atoms with Crippen LogP contribution in [-0.2, 0) is 4.74 Å². The Kier molecular flexibility index (Phi) is 3.74. The highest BCUT2D eigenvalue weighted by atomic mass is 127. The van der Waals surface area contributed by atoms with Crippen LogP contribution in [0.5, 0.6) is 5.75 Å². The van der Waals surface area contributed by atoms with Gasteiger partial charge in [-0.3, -0.25) is 0 Å². The number of hydrogen-bond acceptors (Lipinski definition) is 2. The van der Waals surface area contributed by atoms with Gasteiger partial charge in [-0.1, -0.05) is 6.07 Å². The molecule has 0 fully saturated rings. The maximum absolute atomic E-state index is 12.9.